The van der Waals surface area contributed by atoms with Gasteiger partial charge in [0, 0.05) is 41.3 Å². The number of likely N-dealkylation sites (tertiary alicyclic amines) is 1. The molecule has 0 radical (unpaired) electrons. The summed E-state index contributed by atoms with van der Waals surface area (Å²) in [6, 6.07) is 15.8. The van der Waals surface area contributed by atoms with Gasteiger partial charge in [-0.25, -0.2) is 9.78 Å². The fourth-order valence-electron chi connectivity index (χ4n) is 5.46. The Balaban J connectivity index is 1.42. The third-order valence-corrected chi connectivity index (χ3v) is 8.62. The first-order valence-corrected chi connectivity index (χ1v) is 16.0. The average Bonchev–Trinajstić information content (AvgIpc) is 3.50. The molecule has 0 spiro atoms. The Bertz CT molecular complexity index is 1430. The molecule has 2 aromatic heterocycles. The number of benzene rings is 1. The summed E-state index contributed by atoms with van der Waals surface area (Å²) in [7, 11) is 0. The molecule has 1 saturated heterocycles. The van der Waals surface area contributed by atoms with Gasteiger partial charge in [-0.2, -0.15) is 5.10 Å². The van der Waals surface area contributed by atoms with Gasteiger partial charge in [0.1, 0.15) is 15.8 Å². The summed E-state index contributed by atoms with van der Waals surface area (Å²) in [5.41, 5.74) is 1.34. The molecule has 1 aliphatic rings. The number of ether oxygens (including phenoxy) is 1. The zero-order chi connectivity index (χ0) is 31.6. The highest BCUT2D eigenvalue weighted by Gasteiger charge is 2.43. The van der Waals surface area contributed by atoms with Gasteiger partial charge in [0.25, 0.3) is 5.91 Å². The molecule has 1 aromatic carbocycles. The van der Waals surface area contributed by atoms with Crippen LogP contribution in [0.2, 0.25) is 5.15 Å². The minimum Gasteiger partial charge on any atom is -0.444 e. The van der Waals surface area contributed by atoms with Crippen LogP contribution in [0.5, 0.6) is 0 Å². The minimum atomic E-state index is -0.529. The topological polar surface area (TPSA) is 89.4 Å². The zero-order valence-corrected chi connectivity index (χ0v) is 28.1. The standard InChI is InChI=1S/C33H44ClN5O3S/c1-31(2,3)26-17-15-24(28(34)35-26)29(40)37-43-27-18-19-39(36-27)25(23-12-10-9-11-13-23)16-14-22-20-33(7,8)38(21-22)30(41)42-32(4,5)6/h9-13,15,17-19,22,25H,14,16,20-21H2,1-8H3,(H,37,40). The molecule has 0 saturated carbocycles. The maximum Gasteiger partial charge on any atom is 0.410 e. The number of amides is 2. The summed E-state index contributed by atoms with van der Waals surface area (Å²) >= 11 is 7.51. The second kappa shape index (κ2) is 12.9. The number of aromatic nitrogens is 3. The lowest BCUT2D eigenvalue weighted by molar-refractivity contribution is 0.0130. The molecule has 3 heterocycles. The van der Waals surface area contributed by atoms with Crippen molar-refractivity contribution in [2.75, 3.05) is 6.54 Å². The first kappa shape index (κ1) is 32.9. The molecule has 3 aromatic rings. The van der Waals surface area contributed by atoms with E-state index >= 15 is 0 Å². The lowest BCUT2D eigenvalue weighted by Gasteiger charge is -2.33. The maximum atomic E-state index is 12.9. The molecule has 2 unspecified atom stereocenters. The van der Waals surface area contributed by atoms with Crippen LogP contribution >= 0.6 is 23.5 Å². The van der Waals surface area contributed by atoms with E-state index in [4.69, 9.17) is 21.4 Å². The number of hydrogen-bond donors (Lipinski definition) is 1. The van der Waals surface area contributed by atoms with Gasteiger partial charge >= 0.3 is 6.09 Å². The van der Waals surface area contributed by atoms with Crippen molar-refractivity contribution in [3.05, 3.63) is 76.7 Å². The van der Waals surface area contributed by atoms with E-state index in [2.05, 4.69) is 35.7 Å². The van der Waals surface area contributed by atoms with E-state index in [1.54, 1.807) is 6.07 Å². The second-order valence-electron chi connectivity index (χ2n) is 13.9. The van der Waals surface area contributed by atoms with Gasteiger partial charge in [0.2, 0.25) is 0 Å². The summed E-state index contributed by atoms with van der Waals surface area (Å²) in [5.74, 6) is 0.0240. The lowest BCUT2D eigenvalue weighted by atomic mass is 9.90. The Morgan fingerprint density at radius 1 is 1.09 bits per heavy atom. The van der Waals surface area contributed by atoms with Crippen molar-refractivity contribution >= 4 is 35.5 Å². The number of rotatable bonds is 8. The van der Waals surface area contributed by atoms with Crippen LogP contribution in [-0.2, 0) is 10.2 Å². The number of carbonyl (C=O) groups excluding carboxylic acids is 2. The summed E-state index contributed by atoms with van der Waals surface area (Å²) in [6.45, 7) is 16.7. The number of carbonyl (C=O) groups is 2. The van der Waals surface area contributed by atoms with Crippen LogP contribution in [0.3, 0.4) is 0 Å². The number of nitrogens with zero attached hydrogens (tertiary/aromatic N) is 4. The van der Waals surface area contributed by atoms with Crippen molar-refractivity contribution in [3.8, 4) is 0 Å². The molecule has 0 aliphatic carbocycles. The predicted octanol–water partition coefficient (Wildman–Crippen LogP) is 8.07. The van der Waals surface area contributed by atoms with E-state index in [1.807, 2.05) is 87.7 Å². The molecule has 0 bridgehead atoms. The Labute approximate surface area is 265 Å². The van der Waals surface area contributed by atoms with Crippen molar-refractivity contribution in [1.82, 2.24) is 24.4 Å². The van der Waals surface area contributed by atoms with Gasteiger partial charge in [-0.05, 0) is 83.6 Å². The molecular formula is C33H44ClN5O3S. The van der Waals surface area contributed by atoms with Crippen LogP contribution in [0, 0.1) is 5.92 Å². The molecule has 2 atom stereocenters. The van der Waals surface area contributed by atoms with E-state index < -0.39 is 5.60 Å². The number of hydrogen-bond acceptors (Lipinski definition) is 6. The Kier molecular flexibility index (Phi) is 9.86. The van der Waals surface area contributed by atoms with Crippen LogP contribution in [0.15, 0.2) is 59.8 Å². The average molecular weight is 626 g/mol. The van der Waals surface area contributed by atoms with E-state index in [0.717, 1.165) is 42.5 Å². The number of halogens is 1. The molecule has 2 amide bonds. The van der Waals surface area contributed by atoms with Crippen molar-refractivity contribution in [2.45, 2.75) is 102 Å². The molecule has 8 nitrogen and oxygen atoms in total. The monoisotopic (exact) mass is 625 g/mol. The highest BCUT2D eigenvalue weighted by atomic mass is 35.5. The second-order valence-corrected chi connectivity index (χ2v) is 15.1. The van der Waals surface area contributed by atoms with Gasteiger partial charge in [0.05, 0.1) is 11.6 Å². The Morgan fingerprint density at radius 3 is 2.42 bits per heavy atom. The van der Waals surface area contributed by atoms with Crippen LogP contribution in [-0.4, -0.2) is 49.3 Å². The van der Waals surface area contributed by atoms with Crippen molar-refractivity contribution < 1.29 is 14.3 Å². The highest BCUT2D eigenvalue weighted by molar-refractivity contribution is 7.97. The molecule has 1 aliphatic heterocycles. The largest absolute Gasteiger partial charge is 0.444 e. The SMILES string of the molecule is CC(C)(C)OC(=O)N1CC(CCC(c2ccccc2)n2ccc(SNC(=O)c3ccc(C(C)(C)C)nc3Cl)n2)CC1(C)C. The van der Waals surface area contributed by atoms with Gasteiger partial charge in [-0.3, -0.25) is 14.2 Å². The molecular weight excluding hydrogens is 582 g/mol. The third-order valence-electron chi connectivity index (χ3n) is 7.62. The first-order chi connectivity index (χ1) is 20.0. The van der Waals surface area contributed by atoms with Gasteiger partial charge < -0.3 is 9.64 Å². The van der Waals surface area contributed by atoms with E-state index in [9.17, 15) is 9.59 Å². The van der Waals surface area contributed by atoms with Crippen molar-refractivity contribution in [1.29, 1.82) is 0 Å². The minimum absolute atomic E-state index is 0.00790. The summed E-state index contributed by atoms with van der Waals surface area (Å²) in [6.07, 6.45) is 4.39. The van der Waals surface area contributed by atoms with Crippen molar-refractivity contribution in [3.63, 3.8) is 0 Å². The van der Waals surface area contributed by atoms with Crippen LogP contribution < -0.4 is 4.72 Å². The summed E-state index contributed by atoms with van der Waals surface area (Å²) in [5, 5.41) is 5.66. The molecule has 4 rings (SSSR count). The Morgan fingerprint density at radius 2 is 1.79 bits per heavy atom. The molecule has 1 N–H and O–H groups in total. The number of nitrogens with one attached hydrogen (secondary N) is 1. The van der Waals surface area contributed by atoms with Gasteiger partial charge in [-0.1, -0.05) is 62.7 Å². The quantitative estimate of drug-likeness (QED) is 0.201. The zero-order valence-electron chi connectivity index (χ0n) is 26.5. The van der Waals surface area contributed by atoms with Crippen LogP contribution in [0.4, 0.5) is 4.79 Å². The van der Waals surface area contributed by atoms with Crippen LogP contribution in [0.25, 0.3) is 0 Å². The van der Waals surface area contributed by atoms with Crippen LogP contribution in [0.1, 0.15) is 102 Å². The molecule has 1 fully saturated rings. The number of pyridine rings is 1. The molecule has 232 valence electrons. The third kappa shape index (κ3) is 8.54. The van der Waals surface area contributed by atoms with E-state index in [1.165, 1.54) is 0 Å². The molecule has 10 heteroatoms. The summed E-state index contributed by atoms with van der Waals surface area (Å²) < 4.78 is 10.5. The fourth-order valence-corrected chi connectivity index (χ4v) is 6.27. The Hall–Kier alpha value is -3.04. The predicted molar refractivity (Wildman–Crippen MR) is 172 cm³/mol. The van der Waals surface area contributed by atoms with Crippen molar-refractivity contribution in [2.24, 2.45) is 5.92 Å². The fraction of sp³-hybridized carbons (Fsp3) is 0.515. The van der Waals surface area contributed by atoms with E-state index in [0.29, 0.717) is 23.1 Å². The maximum absolute atomic E-state index is 12.9. The normalized spacial score (nSPS) is 17.5. The first-order valence-electron chi connectivity index (χ1n) is 14.8. The van der Waals surface area contributed by atoms with Gasteiger partial charge in [-0.15, -0.1) is 0 Å². The summed E-state index contributed by atoms with van der Waals surface area (Å²) in [4.78, 5) is 32.1. The molecule has 43 heavy (non-hydrogen) atoms. The van der Waals surface area contributed by atoms with E-state index in [-0.39, 0.29) is 34.1 Å². The highest BCUT2D eigenvalue weighted by Crippen LogP contribution is 2.38. The van der Waals surface area contributed by atoms with Gasteiger partial charge in [0.15, 0.2) is 0 Å². The lowest BCUT2D eigenvalue weighted by Crippen LogP contribution is -2.45. The smallest absolute Gasteiger partial charge is 0.410 e.